The second-order valence-corrected chi connectivity index (χ2v) is 80.4. The van der Waals surface area contributed by atoms with E-state index < -0.39 is 36.8 Å². The third-order valence-corrected chi connectivity index (χ3v) is 57.3. The topological polar surface area (TPSA) is 68.3 Å². The molecule has 4 nitrogen and oxygen atoms in total. The van der Waals surface area contributed by atoms with Crippen LogP contribution in [0.4, 0.5) is 0 Å². The summed E-state index contributed by atoms with van der Waals surface area (Å²) in [5.74, 6) is 0.948. The molecule has 2 aromatic carbocycles. The standard InChI is InChI=1S/C46H48O2S6.C33H32OS4.C11H10Br2OS2.6CH3.2Sn/c1-6-9-12-14-16-28-23-31-32-24-29(17-15-13-10-7-2)52-44(32)41-39(42(48)38(40(41)43(31)51-28)34-20-19-26(4)49-34)35-21-22-36(53-35)46-45-30(27(5)50-46)25-37(54-45)33(47)18-11-8-3;1-3-5-7-9-13-21-19-23-24-20-22(14-10-8-6-4-2)38-33(24)30-28(26-16-12-18-36-26)31(34)27(25-15-11-17-35-25)29(30)32(23)37-21;1-2-3-4-7(14)8-5-6-9(15-8)11(13)16-10(6)12;;;;;;;;/h19-25H,6-18H2,1-5H3;11-12,15-16,19-20H,3-10,13-14H2,1-2H3;5H,2-4H2,1H3;6*1H3;;. The largest absolute Gasteiger partial charge is 0.293 e. The Morgan fingerprint density at radius 2 is 0.664 bits per heavy atom. The summed E-state index contributed by atoms with van der Waals surface area (Å²) in [4.78, 5) is 87.1. The predicted octanol–water partition coefficient (Wildman–Crippen LogP) is 30.8. The molecule has 116 heavy (non-hydrogen) atoms. The van der Waals surface area contributed by atoms with E-state index in [9.17, 15) is 9.59 Å². The van der Waals surface area contributed by atoms with Crippen LogP contribution in [-0.2, 0) is 35.3 Å². The van der Waals surface area contributed by atoms with Crippen LogP contribution in [-0.4, -0.2) is 59.9 Å². The number of benzene rings is 2. The smallest absolute Gasteiger partial charge is 0.197 e. The number of carbonyl (C=O) groups excluding carboxylic acids is 4. The van der Waals surface area contributed by atoms with Crippen LogP contribution in [0.5, 0.6) is 0 Å². The number of carbonyl (C=O) groups is 4. The molecule has 2 aliphatic carbocycles. The first-order chi connectivity index (χ1) is 55.9. The van der Waals surface area contributed by atoms with Crippen LogP contribution in [0.3, 0.4) is 0 Å². The zero-order chi connectivity index (χ0) is 82.0. The molecular weight excluding hydrogens is 2000 g/mol. The number of aryl methyl sites for hydroxylation is 6. The van der Waals surface area contributed by atoms with Gasteiger partial charge in [0.15, 0.2) is 17.3 Å². The fourth-order valence-corrected chi connectivity index (χ4v) is 42.8. The molecule has 16 rings (SSSR count). The van der Waals surface area contributed by atoms with Crippen molar-refractivity contribution in [1.29, 1.82) is 0 Å². The van der Waals surface area contributed by atoms with E-state index in [1.54, 1.807) is 62.5 Å². The quantitative estimate of drug-likeness (QED) is 0.0225. The Balaban J connectivity index is 0.000000162. The molecule has 0 N–H and O–H groups in total. The molecule has 0 bridgehead atoms. The van der Waals surface area contributed by atoms with E-state index in [4.69, 9.17) is 0 Å². The Bertz CT molecular complexity index is 6090. The predicted molar refractivity (Wildman–Crippen MR) is 539 cm³/mol. The third-order valence-electron chi connectivity index (χ3n) is 22.3. The first-order valence-corrected chi connectivity index (χ1v) is 73.7. The first kappa shape index (κ1) is 89.4. The zero-order valence-corrected chi connectivity index (χ0v) is 88.4. The second-order valence-electron chi connectivity index (χ2n) is 33.5. The molecule has 12 heterocycles. The van der Waals surface area contributed by atoms with Gasteiger partial charge < -0.3 is 0 Å². The van der Waals surface area contributed by atoms with Crippen molar-refractivity contribution in [3.05, 3.63) is 172 Å². The molecule has 0 aliphatic heterocycles. The maximum Gasteiger partial charge on any atom is 0.197 e. The van der Waals surface area contributed by atoms with Crippen LogP contribution in [0.1, 0.15) is 251 Å². The van der Waals surface area contributed by atoms with Gasteiger partial charge in [-0.15, -0.1) is 90.7 Å². The summed E-state index contributed by atoms with van der Waals surface area (Å²) in [5, 5.41) is 12.6. The van der Waals surface area contributed by atoms with Crippen LogP contribution >= 0.6 is 168 Å². The normalized spacial score (nSPS) is 13.2. The molecular formula is C96H108Br2O4S12Sn2. The molecule has 0 radical (unpaired) electrons. The number of Topliss-reactive ketones (excluding diaryl/α,β-unsaturated/α-hetero) is 4. The van der Waals surface area contributed by atoms with Crippen LogP contribution in [0.15, 0.2) is 92.5 Å². The Hall–Kier alpha value is -2.88. The average molecular weight is 2110 g/mol. The number of hydrogen-bond acceptors (Lipinski definition) is 16. The van der Waals surface area contributed by atoms with Crippen molar-refractivity contribution in [2.24, 2.45) is 0 Å². The number of ketones is 4. The molecule has 0 unspecified atom stereocenters. The van der Waals surface area contributed by atoms with Crippen LogP contribution in [0.2, 0.25) is 29.6 Å². The summed E-state index contributed by atoms with van der Waals surface area (Å²) in [5.41, 5.74) is 3.73. The number of hydrogen-bond donors (Lipinski definition) is 0. The van der Waals surface area contributed by atoms with Gasteiger partial charge in [-0.2, -0.15) is 0 Å². The molecule has 610 valence electrons. The summed E-state index contributed by atoms with van der Waals surface area (Å²) >= 11 is 24.3. The van der Waals surface area contributed by atoms with Gasteiger partial charge in [-0.3, -0.25) is 14.4 Å². The molecule has 0 amide bonds. The van der Waals surface area contributed by atoms with Gasteiger partial charge in [0.05, 0.1) is 31.6 Å². The maximum atomic E-state index is 15.2. The monoisotopic (exact) mass is 2110 g/mol. The third kappa shape index (κ3) is 19.2. The Morgan fingerprint density at radius 1 is 0.319 bits per heavy atom. The molecule has 0 saturated heterocycles. The van der Waals surface area contributed by atoms with Crippen molar-refractivity contribution in [3.63, 3.8) is 0 Å². The minimum Gasteiger partial charge on any atom is -0.293 e. The summed E-state index contributed by atoms with van der Waals surface area (Å²) in [6, 6.07) is 32.1. The van der Waals surface area contributed by atoms with E-state index >= 15 is 9.59 Å². The van der Waals surface area contributed by atoms with Crippen molar-refractivity contribution in [2.45, 2.75) is 252 Å². The summed E-state index contributed by atoms with van der Waals surface area (Å²) < 4.78 is 12.9. The first-order valence-electron chi connectivity index (χ1n) is 42.3. The Morgan fingerprint density at radius 3 is 1.02 bits per heavy atom. The van der Waals surface area contributed by atoms with Gasteiger partial charge in [-0.25, -0.2) is 0 Å². The van der Waals surface area contributed by atoms with E-state index in [0.717, 1.165) is 111 Å². The number of fused-ring (bicyclic) bond motifs is 14. The molecule has 0 saturated carbocycles. The minimum atomic E-state index is -2.30. The maximum absolute atomic E-state index is 15.2. The van der Waals surface area contributed by atoms with Gasteiger partial charge in [-0.05, 0) is 133 Å². The molecule has 0 spiro atoms. The Kier molecular flexibility index (Phi) is 30.5. The fraction of sp³-hybridized carbons (Fsp3) is 0.417. The molecule has 2 aliphatic rings. The summed E-state index contributed by atoms with van der Waals surface area (Å²) in [6.45, 7) is 17.7. The van der Waals surface area contributed by atoms with Crippen molar-refractivity contribution < 1.29 is 19.2 Å². The number of rotatable bonds is 35. The Labute approximate surface area is 759 Å². The van der Waals surface area contributed by atoms with Crippen molar-refractivity contribution >= 4 is 316 Å². The van der Waals surface area contributed by atoms with Gasteiger partial charge in [0, 0.05) is 99.5 Å². The minimum absolute atomic E-state index is 0.164. The van der Waals surface area contributed by atoms with Gasteiger partial charge in [0.25, 0.3) is 0 Å². The van der Waals surface area contributed by atoms with E-state index in [1.807, 2.05) is 85.4 Å². The molecule has 20 heteroatoms. The second kappa shape index (κ2) is 39.5. The zero-order valence-electron chi connectivity index (χ0n) is 69.8. The number of thiophene rings is 12. The van der Waals surface area contributed by atoms with Gasteiger partial charge in [0.2, 0.25) is 0 Å². The molecule has 12 aromatic heterocycles. The number of unbranched alkanes of at least 4 members (excludes halogenated alkanes) is 14. The van der Waals surface area contributed by atoms with Crippen molar-refractivity contribution in [3.8, 4) is 9.75 Å². The average Bonchev–Trinajstić information content (AvgIpc) is 1.54. The fourth-order valence-electron chi connectivity index (χ4n) is 16.0. The molecule has 14 aromatic rings. The van der Waals surface area contributed by atoms with Gasteiger partial charge in [-0.1, -0.05) is 106 Å². The van der Waals surface area contributed by atoms with E-state index in [-0.39, 0.29) is 23.1 Å². The van der Waals surface area contributed by atoms with Crippen LogP contribution in [0.25, 0.3) is 92.6 Å². The van der Waals surface area contributed by atoms with E-state index in [2.05, 4.69) is 196 Å². The molecule has 0 atom stereocenters. The van der Waals surface area contributed by atoms with E-state index in [1.165, 1.54) is 222 Å². The number of halogens is 2. The van der Waals surface area contributed by atoms with E-state index in [0.29, 0.717) is 12.8 Å². The van der Waals surface area contributed by atoms with Crippen LogP contribution < -0.4 is 26.7 Å². The SMILES string of the molecule is CCCCC(=O)c1cc2c(Br)sc(Br)c2s1.CCCCCCc1cc2c(s1)c1c(c3sc(CCCCCC)cc32)=C(c2cc[c]([Sn]([CH3])([CH3])[CH3])s2)C(=O)C=1c1cc[c]([Sn]([CH3])([CH3])[CH3])s1.CCCCCCc1cc2c(s1)c1c(c3sc(CCCCCC)cc32)=C(c2ccc(-c3sc(C)c4cc(C(=O)CCCC)sc34)s2)C(=O)C=1c1ccc(C)s1. The molecule has 0 fully saturated rings. The summed E-state index contributed by atoms with van der Waals surface area (Å²) in [6.07, 6.45) is 29.9. The van der Waals surface area contributed by atoms with Gasteiger partial charge in [0.1, 0.15) is 0 Å². The van der Waals surface area contributed by atoms with Gasteiger partial charge >= 0.3 is 277 Å². The van der Waals surface area contributed by atoms with Crippen molar-refractivity contribution in [2.75, 3.05) is 0 Å². The van der Waals surface area contributed by atoms with Crippen LogP contribution in [0, 0.1) is 13.8 Å². The summed E-state index contributed by atoms with van der Waals surface area (Å²) in [7, 11) is 0. The van der Waals surface area contributed by atoms with Crippen molar-refractivity contribution in [1.82, 2.24) is 0 Å².